The van der Waals surface area contributed by atoms with E-state index in [-0.39, 0.29) is 0 Å². The van der Waals surface area contributed by atoms with Crippen molar-refractivity contribution < 1.29 is 0 Å². The van der Waals surface area contributed by atoms with Crippen molar-refractivity contribution in [2.24, 2.45) is 0 Å². The van der Waals surface area contributed by atoms with Gasteiger partial charge >= 0.3 is 0 Å². The third kappa shape index (κ3) is 3.73. The molecule has 1 fully saturated rings. The fraction of sp³-hybridized carbons (Fsp3) is 0.500. The Morgan fingerprint density at radius 1 is 1.10 bits per heavy atom. The number of hydrogen-bond acceptors (Lipinski definition) is 2. The molecule has 112 valence electrons. The Morgan fingerprint density at radius 3 is 2.43 bits per heavy atom. The Morgan fingerprint density at radius 2 is 1.81 bits per heavy atom. The molecule has 0 saturated heterocycles. The average Bonchev–Trinajstić information content (AvgIpc) is 3.26. The van der Waals surface area contributed by atoms with Gasteiger partial charge in [0.2, 0.25) is 0 Å². The highest BCUT2D eigenvalue weighted by molar-refractivity contribution is 5.23. The molecule has 0 radical (unpaired) electrons. The highest BCUT2D eigenvalue weighted by Crippen LogP contribution is 2.19. The zero-order valence-corrected chi connectivity index (χ0v) is 13.1. The van der Waals surface area contributed by atoms with E-state index in [0.29, 0.717) is 0 Å². The first-order valence-corrected chi connectivity index (χ1v) is 8.15. The maximum Gasteiger partial charge on any atom is 0.0662 e. The zero-order valence-electron chi connectivity index (χ0n) is 13.1. The van der Waals surface area contributed by atoms with Gasteiger partial charge in [-0.2, -0.15) is 5.10 Å². The van der Waals surface area contributed by atoms with Gasteiger partial charge in [0.25, 0.3) is 0 Å². The van der Waals surface area contributed by atoms with Crippen LogP contribution in [0.5, 0.6) is 0 Å². The Labute approximate surface area is 127 Å². The van der Waals surface area contributed by atoms with Gasteiger partial charge in [-0.05, 0) is 42.9 Å². The quantitative estimate of drug-likeness (QED) is 0.845. The van der Waals surface area contributed by atoms with Crippen LogP contribution >= 0.6 is 0 Å². The summed E-state index contributed by atoms with van der Waals surface area (Å²) in [4.78, 5) is 0. The van der Waals surface area contributed by atoms with E-state index in [4.69, 9.17) is 0 Å². The third-order valence-electron chi connectivity index (χ3n) is 4.17. The Kier molecular flexibility index (Phi) is 4.39. The molecule has 0 amide bonds. The van der Waals surface area contributed by atoms with Gasteiger partial charge in [-0.15, -0.1) is 0 Å². The van der Waals surface area contributed by atoms with Gasteiger partial charge < -0.3 is 5.32 Å². The summed E-state index contributed by atoms with van der Waals surface area (Å²) in [6.07, 6.45) is 4.73. The van der Waals surface area contributed by atoms with E-state index in [9.17, 15) is 0 Å². The van der Waals surface area contributed by atoms with Crippen molar-refractivity contribution in [3.05, 3.63) is 52.8 Å². The average molecular weight is 283 g/mol. The van der Waals surface area contributed by atoms with Crippen molar-refractivity contribution in [1.29, 1.82) is 0 Å². The smallest absolute Gasteiger partial charge is 0.0662 e. The van der Waals surface area contributed by atoms with E-state index in [0.717, 1.165) is 32.0 Å². The van der Waals surface area contributed by atoms with Crippen LogP contribution in [0.1, 0.15) is 49.2 Å². The monoisotopic (exact) mass is 283 g/mol. The van der Waals surface area contributed by atoms with Gasteiger partial charge in [-0.3, -0.25) is 4.68 Å². The minimum atomic E-state index is 0.772. The molecule has 1 aromatic carbocycles. The SMILES string of the molecule is CCc1cc(CC)n(Cc2ccc(CNC3CC3)cc2)n1. The first-order valence-electron chi connectivity index (χ1n) is 8.15. The summed E-state index contributed by atoms with van der Waals surface area (Å²) in [5.74, 6) is 0. The summed E-state index contributed by atoms with van der Waals surface area (Å²) in [5.41, 5.74) is 5.21. The molecule has 1 N–H and O–H groups in total. The molecule has 1 heterocycles. The Balaban J connectivity index is 1.64. The summed E-state index contributed by atoms with van der Waals surface area (Å²) in [6.45, 7) is 6.22. The molecular weight excluding hydrogens is 258 g/mol. The fourth-order valence-corrected chi connectivity index (χ4v) is 2.59. The van der Waals surface area contributed by atoms with Gasteiger partial charge in [0.15, 0.2) is 0 Å². The van der Waals surface area contributed by atoms with Crippen molar-refractivity contribution in [2.75, 3.05) is 0 Å². The molecule has 0 atom stereocenters. The van der Waals surface area contributed by atoms with Crippen LogP contribution in [-0.4, -0.2) is 15.8 Å². The van der Waals surface area contributed by atoms with E-state index in [1.165, 1.54) is 35.4 Å². The zero-order chi connectivity index (χ0) is 14.7. The molecule has 21 heavy (non-hydrogen) atoms. The second kappa shape index (κ2) is 6.44. The van der Waals surface area contributed by atoms with Crippen LogP contribution in [0.4, 0.5) is 0 Å². The van der Waals surface area contributed by atoms with Crippen LogP contribution in [-0.2, 0) is 25.9 Å². The van der Waals surface area contributed by atoms with Crippen molar-refractivity contribution in [1.82, 2.24) is 15.1 Å². The molecule has 0 bridgehead atoms. The maximum atomic E-state index is 4.69. The molecule has 1 saturated carbocycles. The number of nitrogens with one attached hydrogen (secondary N) is 1. The Bertz CT molecular complexity index is 579. The number of benzene rings is 1. The summed E-state index contributed by atoms with van der Waals surface area (Å²) >= 11 is 0. The molecule has 0 aliphatic heterocycles. The highest BCUT2D eigenvalue weighted by Gasteiger charge is 2.19. The second-order valence-corrected chi connectivity index (χ2v) is 5.96. The van der Waals surface area contributed by atoms with Crippen molar-refractivity contribution >= 4 is 0 Å². The molecule has 0 unspecified atom stereocenters. The molecule has 0 spiro atoms. The highest BCUT2D eigenvalue weighted by atomic mass is 15.3. The lowest BCUT2D eigenvalue weighted by molar-refractivity contribution is 0.639. The van der Waals surface area contributed by atoms with E-state index >= 15 is 0 Å². The standard InChI is InChI=1S/C18H25N3/c1-3-16-11-18(4-2)21(20-16)13-15-7-5-14(6-8-15)12-19-17-9-10-17/h5-8,11,17,19H,3-4,9-10,12-13H2,1-2H3. The number of aromatic nitrogens is 2. The van der Waals surface area contributed by atoms with Crippen molar-refractivity contribution in [3.8, 4) is 0 Å². The topological polar surface area (TPSA) is 29.9 Å². The molecule has 3 nitrogen and oxygen atoms in total. The molecule has 1 aromatic heterocycles. The van der Waals surface area contributed by atoms with Crippen LogP contribution < -0.4 is 5.32 Å². The Hall–Kier alpha value is -1.61. The van der Waals surface area contributed by atoms with Crippen LogP contribution in [0, 0.1) is 0 Å². The predicted molar refractivity (Wildman–Crippen MR) is 86.4 cm³/mol. The van der Waals surface area contributed by atoms with Gasteiger partial charge in [0, 0.05) is 18.3 Å². The lowest BCUT2D eigenvalue weighted by Crippen LogP contribution is -2.15. The molecule has 3 rings (SSSR count). The number of aryl methyl sites for hydroxylation is 2. The van der Waals surface area contributed by atoms with E-state index in [2.05, 4.69) is 59.3 Å². The van der Waals surface area contributed by atoms with Crippen LogP contribution in [0.3, 0.4) is 0 Å². The van der Waals surface area contributed by atoms with Crippen molar-refractivity contribution in [3.63, 3.8) is 0 Å². The lowest BCUT2D eigenvalue weighted by Gasteiger charge is -2.08. The summed E-state index contributed by atoms with van der Waals surface area (Å²) in [5, 5.41) is 8.24. The lowest BCUT2D eigenvalue weighted by atomic mass is 10.1. The molecule has 1 aliphatic carbocycles. The fourth-order valence-electron chi connectivity index (χ4n) is 2.59. The first kappa shape index (κ1) is 14.3. The van der Waals surface area contributed by atoms with E-state index in [1.807, 2.05) is 0 Å². The van der Waals surface area contributed by atoms with Crippen LogP contribution in [0.25, 0.3) is 0 Å². The number of hydrogen-bond donors (Lipinski definition) is 1. The maximum absolute atomic E-state index is 4.69. The minimum Gasteiger partial charge on any atom is -0.310 e. The van der Waals surface area contributed by atoms with Gasteiger partial charge in [0.1, 0.15) is 0 Å². The van der Waals surface area contributed by atoms with Crippen LogP contribution in [0.15, 0.2) is 30.3 Å². The summed E-state index contributed by atoms with van der Waals surface area (Å²) in [6, 6.07) is 11.9. The number of rotatable bonds is 7. The molecule has 1 aliphatic rings. The molecule has 2 aromatic rings. The second-order valence-electron chi connectivity index (χ2n) is 5.96. The van der Waals surface area contributed by atoms with Gasteiger partial charge in [-0.25, -0.2) is 0 Å². The van der Waals surface area contributed by atoms with E-state index in [1.54, 1.807) is 0 Å². The summed E-state index contributed by atoms with van der Waals surface area (Å²) < 4.78 is 2.15. The minimum absolute atomic E-state index is 0.772. The normalized spacial score (nSPS) is 14.6. The van der Waals surface area contributed by atoms with Crippen LogP contribution in [0.2, 0.25) is 0 Å². The van der Waals surface area contributed by atoms with E-state index < -0.39 is 0 Å². The summed E-state index contributed by atoms with van der Waals surface area (Å²) in [7, 11) is 0. The van der Waals surface area contributed by atoms with Gasteiger partial charge in [0.05, 0.1) is 12.2 Å². The third-order valence-corrected chi connectivity index (χ3v) is 4.17. The molecular formula is C18H25N3. The van der Waals surface area contributed by atoms with Gasteiger partial charge in [-0.1, -0.05) is 38.1 Å². The molecule has 3 heteroatoms. The number of nitrogens with zero attached hydrogens (tertiary/aromatic N) is 2. The largest absolute Gasteiger partial charge is 0.310 e. The first-order chi connectivity index (χ1) is 10.3. The predicted octanol–water partition coefficient (Wildman–Crippen LogP) is 3.31. The van der Waals surface area contributed by atoms with Crippen molar-refractivity contribution in [2.45, 2.75) is 58.7 Å².